The molecule has 0 heteroatoms. The van der Waals surface area contributed by atoms with E-state index in [0.717, 1.165) is 0 Å². The molecule has 240 valence electrons. The maximum atomic E-state index is 2.59. The van der Waals surface area contributed by atoms with Crippen molar-refractivity contribution in [1.82, 2.24) is 0 Å². The lowest BCUT2D eigenvalue weighted by Crippen LogP contribution is -2.17. The summed E-state index contributed by atoms with van der Waals surface area (Å²) in [7, 11) is 0. The second-order valence-corrected chi connectivity index (χ2v) is 17.4. The zero-order valence-corrected chi connectivity index (χ0v) is 30.0. The van der Waals surface area contributed by atoms with Crippen LogP contribution in [-0.2, 0) is 16.2 Å². The molecule has 0 atom stereocenters. The lowest BCUT2D eigenvalue weighted by molar-refractivity contribution is 0.591. The van der Waals surface area contributed by atoms with Gasteiger partial charge in [0.05, 0.1) is 0 Å². The molecule has 0 unspecified atom stereocenters. The Bertz CT molecular complexity index is 2980. The van der Waals surface area contributed by atoms with Gasteiger partial charge in [0.2, 0.25) is 0 Å². The highest BCUT2D eigenvalue weighted by molar-refractivity contribution is 6.27. The first-order valence-electron chi connectivity index (χ1n) is 18.3. The van der Waals surface area contributed by atoms with Crippen LogP contribution >= 0.6 is 0 Å². The highest BCUT2D eigenvalue weighted by Gasteiger charge is 2.43. The Hall–Kier alpha value is -5.20. The van der Waals surface area contributed by atoms with Gasteiger partial charge in [0, 0.05) is 10.8 Å². The molecule has 0 spiro atoms. The smallest absolute Gasteiger partial charge is 0.0159 e. The van der Waals surface area contributed by atoms with E-state index in [1.807, 2.05) is 0 Å². The molecule has 0 saturated heterocycles. The second kappa shape index (κ2) is 8.93. The van der Waals surface area contributed by atoms with Gasteiger partial charge in [0.25, 0.3) is 0 Å². The maximum Gasteiger partial charge on any atom is 0.0159 e. The molecule has 0 amide bonds. The van der Waals surface area contributed by atoms with Gasteiger partial charge in [0.1, 0.15) is 0 Å². The summed E-state index contributed by atoms with van der Waals surface area (Å²) in [6, 6.07) is 45.1. The van der Waals surface area contributed by atoms with Gasteiger partial charge < -0.3 is 0 Å². The molecule has 9 aromatic carbocycles. The van der Waals surface area contributed by atoms with Crippen LogP contribution in [0.2, 0.25) is 0 Å². The summed E-state index contributed by atoms with van der Waals surface area (Å²) in [6.45, 7) is 16.7. The monoisotopic (exact) mass is 640 g/mol. The summed E-state index contributed by atoms with van der Waals surface area (Å²) < 4.78 is 0. The lowest BCUT2D eigenvalue weighted by atomic mass is 9.79. The first-order chi connectivity index (χ1) is 23.9. The van der Waals surface area contributed by atoms with Crippen molar-refractivity contribution in [3.63, 3.8) is 0 Å². The van der Waals surface area contributed by atoms with E-state index in [2.05, 4.69) is 164 Å². The number of benzene rings is 9. The van der Waals surface area contributed by atoms with Gasteiger partial charge >= 0.3 is 0 Å². The molecule has 0 heterocycles. The molecule has 0 aromatic heterocycles. The van der Waals surface area contributed by atoms with Crippen molar-refractivity contribution >= 4 is 64.6 Å². The standard InChI is InChI=1S/C50H40/c1-48(2,3)33-21-30-12-13-32-24-43-47(36-17-15-31(22-33)44(30)45(32)36)39-26-41-38(25-42(39)50(43,6)7)46-35-16-14-29-20-27-10-8-9-11-28(27)23-37(29)34(35)18-19-40(46)49(41,4)5/h8-26H,1-7H3. The van der Waals surface area contributed by atoms with E-state index in [4.69, 9.17) is 0 Å². The highest BCUT2D eigenvalue weighted by atomic mass is 14.5. The average Bonchev–Trinajstić information content (AvgIpc) is 3.46. The molecular weight excluding hydrogens is 601 g/mol. The molecule has 0 radical (unpaired) electrons. The minimum absolute atomic E-state index is 0.103. The SMILES string of the molecule is CC(C)(C)c1cc2ccc3cc4c(c5ccc(c1)c2c35)-c1cc2c(cc1C4(C)C)-c1c(ccc3c1ccc1cc4ccccc4cc13)C2(C)C. The van der Waals surface area contributed by atoms with Crippen molar-refractivity contribution in [3.8, 4) is 22.3 Å². The molecule has 50 heavy (non-hydrogen) atoms. The zero-order chi connectivity index (χ0) is 34.1. The van der Waals surface area contributed by atoms with E-state index >= 15 is 0 Å². The molecule has 2 aliphatic carbocycles. The van der Waals surface area contributed by atoms with E-state index < -0.39 is 0 Å². The van der Waals surface area contributed by atoms with Crippen LogP contribution in [0.1, 0.15) is 76.3 Å². The molecule has 0 saturated carbocycles. The van der Waals surface area contributed by atoms with Crippen LogP contribution in [0.5, 0.6) is 0 Å². The molecule has 0 aliphatic heterocycles. The third kappa shape index (κ3) is 3.42. The normalized spacial score (nSPS) is 15.8. The van der Waals surface area contributed by atoms with Gasteiger partial charge in [-0.2, -0.15) is 0 Å². The van der Waals surface area contributed by atoms with Crippen molar-refractivity contribution in [2.45, 2.75) is 64.7 Å². The van der Waals surface area contributed by atoms with Gasteiger partial charge in [0.15, 0.2) is 0 Å². The van der Waals surface area contributed by atoms with Gasteiger partial charge in [-0.3, -0.25) is 0 Å². The largest absolute Gasteiger partial charge is 0.0616 e. The minimum atomic E-state index is -0.118. The highest BCUT2D eigenvalue weighted by Crippen LogP contribution is 2.59. The van der Waals surface area contributed by atoms with Gasteiger partial charge in [-0.1, -0.05) is 133 Å². The molecule has 0 nitrogen and oxygen atoms in total. The number of rotatable bonds is 0. The quantitative estimate of drug-likeness (QED) is 0.114. The van der Waals surface area contributed by atoms with Crippen molar-refractivity contribution in [1.29, 1.82) is 0 Å². The van der Waals surface area contributed by atoms with Crippen LogP contribution < -0.4 is 0 Å². The Morgan fingerprint density at radius 1 is 0.380 bits per heavy atom. The first-order valence-corrected chi connectivity index (χ1v) is 18.3. The Balaban J connectivity index is 1.19. The van der Waals surface area contributed by atoms with Crippen molar-refractivity contribution in [3.05, 3.63) is 143 Å². The summed E-state index contributed by atoms with van der Waals surface area (Å²) in [5, 5.41) is 16.2. The predicted octanol–water partition coefficient (Wildman–Crippen LogP) is 14.0. The molecule has 0 bridgehead atoms. The summed E-state index contributed by atoms with van der Waals surface area (Å²) >= 11 is 0. The molecule has 0 N–H and O–H groups in total. The van der Waals surface area contributed by atoms with Crippen LogP contribution in [0, 0.1) is 0 Å². The van der Waals surface area contributed by atoms with Crippen LogP contribution in [0.3, 0.4) is 0 Å². The third-order valence-electron chi connectivity index (χ3n) is 12.9. The summed E-state index contributed by atoms with van der Waals surface area (Å²) in [6.07, 6.45) is 0. The lowest BCUT2D eigenvalue weighted by Gasteiger charge is -2.24. The van der Waals surface area contributed by atoms with Gasteiger partial charge in [-0.25, -0.2) is 0 Å². The van der Waals surface area contributed by atoms with E-state index in [0.29, 0.717) is 0 Å². The topological polar surface area (TPSA) is 0 Å². The Morgan fingerprint density at radius 3 is 1.60 bits per heavy atom. The van der Waals surface area contributed by atoms with Crippen LogP contribution in [0.15, 0.2) is 115 Å². The molecule has 2 aliphatic rings. The predicted molar refractivity (Wildman–Crippen MR) is 216 cm³/mol. The Morgan fingerprint density at radius 2 is 0.920 bits per heavy atom. The fourth-order valence-electron chi connectivity index (χ4n) is 10.1. The van der Waals surface area contributed by atoms with Crippen LogP contribution in [0.4, 0.5) is 0 Å². The summed E-state index contributed by atoms with van der Waals surface area (Å²) in [5.41, 5.74) is 12.7. The molecular formula is C50H40. The maximum absolute atomic E-state index is 2.59. The molecule has 11 rings (SSSR count). The van der Waals surface area contributed by atoms with Crippen LogP contribution in [-0.4, -0.2) is 0 Å². The number of hydrogen-bond acceptors (Lipinski definition) is 0. The third-order valence-corrected chi connectivity index (χ3v) is 12.9. The number of fused-ring (bicyclic) bond motifs is 12. The fourth-order valence-corrected chi connectivity index (χ4v) is 10.1. The van der Waals surface area contributed by atoms with E-state index in [-0.39, 0.29) is 16.2 Å². The zero-order valence-electron chi connectivity index (χ0n) is 30.0. The Kier molecular flexibility index (Phi) is 5.11. The van der Waals surface area contributed by atoms with Crippen molar-refractivity contribution in [2.24, 2.45) is 0 Å². The first kappa shape index (κ1) is 28.6. The van der Waals surface area contributed by atoms with Crippen molar-refractivity contribution in [2.75, 3.05) is 0 Å². The van der Waals surface area contributed by atoms with Gasteiger partial charge in [-0.05, 0) is 150 Å². The van der Waals surface area contributed by atoms with Crippen molar-refractivity contribution < 1.29 is 0 Å². The van der Waals surface area contributed by atoms with Crippen LogP contribution in [0.25, 0.3) is 86.9 Å². The Labute approximate surface area is 293 Å². The van der Waals surface area contributed by atoms with Gasteiger partial charge in [-0.15, -0.1) is 0 Å². The van der Waals surface area contributed by atoms with E-state index in [9.17, 15) is 0 Å². The summed E-state index contributed by atoms with van der Waals surface area (Å²) in [5.74, 6) is 0. The molecule has 9 aromatic rings. The van der Waals surface area contributed by atoms with E-state index in [1.54, 1.807) is 0 Å². The fraction of sp³-hybridized carbons (Fsp3) is 0.200. The minimum Gasteiger partial charge on any atom is -0.0616 e. The molecule has 0 fully saturated rings. The van der Waals surface area contributed by atoms with E-state index in [1.165, 1.54) is 115 Å². The summed E-state index contributed by atoms with van der Waals surface area (Å²) in [4.78, 5) is 0. The second-order valence-electron chi connectivity index (χ2n) is 17.4. The number of hydrogen-bond donors (Lipinski definition) is 0. The average molecular weight is 641 g/mol.